The van der Waals surface area contributed by atoms with Crippen LogP contribution in [0.3, 0.4) is 0 Å². The summed E-state index contributed by atoms with van der Waals surface area (Å²) in [7, 11) is 0. The van der Waals surface area contributed by atoms with Crippen LogP contribution in [0.5, 0.6) is 0 Å². The molecule has 0 aliphatic rings. The summed E-state index contributed by atoms with van der Waals surface area (Å²) in [6, 6.07) is 12.1. The zero-order valence-corrected chi connectivity index (χ0v) is 15.5. The van der Waals surface area contributed by atoms with Gasteiger partial charge in [-0.1, -0.05) is 6.07 Å². The van der Waals surface area contributed by atoms with E-state index in [4.69, 9.17) is 5.73 Å². The molecule has 4 heterocycles. The largest absolute Gasteiger partial charge is 0.383 e. The van der Waals surface area contributed by atoms with Crippen LogP contribution in [0.15, 0.2) is 55.0 Å². The Hall–Kier alpha value is -3.87. The molecule has 0 bridgehead atoms. The van der Waals surface area contributed by atoms with Crippen LogP contribution in [0.1, 0.15) is 11.3 Å². The van der Waals surface area contributed by atoms with Gasteiger partial charge >= 0.3 is 0 Å². The van der Waals surface area contributed by atoms with Gasteiger partial charge in [-0.2, -0.15) is 0 Å². The first kappa shape index (κ1) is 16.3. The molecule has 0 aliphatic heterocycles. The molecule has 0 atom stereocenters. The van der Waals surface area contributed by atoms with Crippen LogP contribution in [0.25, 0.3) is 39.2 Å². The van der Waals surface area contributed by atoms with E-state index in [0.29, 0.717) is 11.5 Å². The molecule has 0 unspecified atom stereocenters. The second-order valence-electron chi connectivity index (χ2n) is 6.79. The van der Waals surface area contributed by atoms with Gasteiger partial charge in [0.1, 0.15) is 5.82 Å². The minimum absolute atomic E-state index is 0.543. The average Bonchev–Trinajstić information content (AvgIpc) is 3.15. The number of nitrogen functional groups attached to an aromatic ring is 1. The molecule has 4 aromatic heterocycles. The van der Waals surface area contributed by atoms with Crippen molar-refractivity contribution in [2.24, 2.45) is 0 Å². The highest BCUT2D eigenvalue weighted by atomic mass is 15.3. The van der Waals surface area contributed by atoms with Crippen molar-refractivity contribution in [3.8, 4) is 22.5 Å². The second-order valence-corrected chi connectivity index (χ2v) is 6.79. The maximum absolute atomic E-state index is 5.87. The Balaban J connectivity index is 1.77. The maximum Gasteiger partial charge on any atom is 0.180 e. The fourth-order valence-electron chi connectivity index (χ4n) is 3.27. The average molecular weight is 367 g/mol. The summed E-state index contributed by atoms with van der Waals surface area (Å²) in [5, 5.41) is 8.67. The Morgan fingerprint density at radius 3 is 2.39 bits per heavy atom. The number of aryl methyl sites for hydroxylation is 2. The number of hydrogen-bond donors (Lipinski definition) is 1. The number of hydrogen-bond acceptors (Lipinski definition) is 6. The highest BCUT2D eigenvalue weighted by Gasteiger charge is 2.13. The third kappa shape index (κ3) is 2.56. The van der Waals surface area contributed by atoms with Gasteiger partial charge in [-0.25, -0.2) is 4.98 Å². The van der Waals surface area contributed by atoms with E-state index >= 15 is 0 Å². The zero-order chi connectivity index (χ0) is 19.3. The summed E-state index contributed by atoms with van der Waals surface area (Å²) in [5.74, 6) is 1.28. The van der Waals surface area contributed by atoms with E-state index in [0.717, 1.165) is 44.8 Å². The van der Waals surface area contributed by atoms with Crippen LogP contribution in [0.2, 0.25) is 0 Å². The fraction of sp³-hybridized carbons (Fsp3) is 0.0952. The molecule has 5 aromatic rings. The number of nitrogens with two attached hydrogens (primary N) is 1. The number of benzene rings is 1. The number of nitrogens with zero attached hydrogens (tertiary/aromatic N) is 6. The predicted molar refractivity (Wildman–Crippen MR) is 109 cm³/mol. The van der Waals surface area contributed by atoms with Crippen molar-refractivity contribution in [1.82, 2.24) is 29.5 Å². The monoisotopic (exact) mass is 367 g/mol. The molecule has 0 fully saturated rings. The van der Waals surface area contributed by atoms with Gasteiger partial charge in [-0.3, -0.25) is 14.4 Å². The van der Waals surface area contributed by atoms with Gasteiger partial charge in [0.25, 0.3) is 0 Å². The first-order valence-electron chi connectivity index (χ1n) is 8.89. The van der Waals surface area contributed by atoms with Gasteiger partial charge < -0.3 is 5.73 Å². The van der Waals surface area contributed by atoms with E-state index in [1.54, 1.807) is 12.4 Å². The van der Waals surface area contributed by atoms with Crippen LogP contribution in [0, 0.1) is 13.8 Å². The van der Waals surface area contributed by atoms with Gasteiger partial charge in [0, 0.05) is 29.2 Å². The fourth-order valence-corrected chi connectivity index (χ4v) is 3.27. The minimum atomic E-state index is 0.543. The third-order valence-electron chi connectivity index (χ3n) is 4.85. The predicted octanol–water partition coefficient (Wildman–Crippen LogP) is 3.60. The van der Waals surface area contributed by atoms with Crippen LogP contribution in [-0.2, 0) is 0 Å². The summed E-state index contributed by atoms with van der Waals surface area (Å²) in [6.07, 6.45) is 5.33. The van der Waals surface area contributed by atoms with E-state index in [9.17, 15) is 0 Å². The van der Waals surface area contributed by atoms with Crippen LogP contribution in [-0.4, -0.2) is 29.5 Å². The molecule has 1 aromatic carbocycles. The second kappa shape index (κ2) is 6.09. The smallest absolute Gasteiger partial charge is 0.180 e. The maximum atomic E-state index is 5.87. The molecule has 0 amide bonds. The van der Waals surface area contributed by atoms with Gasteiger partial charge in [0.15, 0.2) is 11.5 Å². The molecule has 7 heteroatoms. The van der Waals surface area contributed by atoms with Crippen molar-refractivity contribution < 1.29 is 0 Å². The van der Waals surface area contributed by atoms with Crippen molar-refractivity contribution in [1.29, 1.82) is 0 Å². The summed E-state index contributed by atoms with van der Waals surface area (Å²) in [5.41, 5.74) is 13.2. The lowest BCUT2D eigenvalue weighted by Gasteiger charge is -2.08. The number of aromatic nitrogens is 6. The van der Waals surface area contributed by atoms with Crippen molar-refractivity contribution in [3.05, 3.63) is 66.2 Å². The summed E-state index contributed by atoms with van der Waals surface area (Å²) < 4.78 is 2.01. The van der Waals surface area contributed by atoms with Gasteiger partial charge in [-0.15, -0.1) is 10.2 Å². The molecule has 2 N–H and O–H groups in total. The Bertz CT molecular complexity index is 1340. The van der Waals surface area contributed by atoms with Crippen molar-refractivity contribution >= 4 is 22.5 Å². The SMILES string of the molecule is Cc1ccc(-c2nnc3cnc4ccc(-c5cnc(N)c(C)c5)cc4n23)cn1. The molecule has 0 aliphatic carbocycles. The van der Waals surface area contributed by atoms with Gasteiger partial charge in [0.2, 0.25) is 0 Å². The molecular formula is C21H17N7. The van der Waals surface area contributed by atoms with E-state index in [1.165, 1.54) is 0 Å². The molecule has 0 saturated heterocycles. The Morgan fingerprint density at radius 1 is 0.786 bits per heavy atom. The van der Waals surface area contributed by atoms with E-state index in [2.05, 4.69) is 31.2 Å². The quantitative estimate of drug-likeness (QED) is 0.512. The van der Waals surface area contributed by atoms with Crippen LogP contribution >= 0.6 is 0 Å². The Labute approximate surface area is 160 Å². The number of fused-ring (bicyclic) bond motifs is 3. The first-order valence-corrected chi connectivity index (χ1v) is 8.89. The molecule has 7 nitrogen and oxygen atoms in total. The Morgan fingerprint density at radius 2 is 1.61 bits per heavy atom. The highest BCUT2D eigenvalue weighted by Crippen LogP contribution is 2.27. The summed E-state index contributed by atoms with van der Waals surface area (Å²) >= 11 is 0. The molecular weight excluding hydrogens is 350 g/mol. The molecule has 0 saturated carbocycles. The summed E-state index contributed by atoms with van der Waals surface area (Å²) in [4.78, 5) is 13.2. The molecule has 5 rings (SSSR count). The van der Waals surface area contributed by atoms with Crippen LogP contribution in [0.4, 0.5) is 5.82 Å². The van der Waals surface area contributed by atoms with Crippen LogP contribution < -0.4 is 5.73 Å². The number of pyridine rings is 2. The molecule has 28 heavy (non-hydrogen) atoms. The lowest BCUT2D eigenvalue weighted by molar-refractivity contribution is 1.10. The van der Waals surface area contributed by atoms with E-state index < -0.39 is 0 Å². The van der Waals surface area contributed by atoms with Crippen molar-refractivity contribution in [3.63, 3.8) is 0 Å². The standard InChI is InChI=1S/C21H17N7/c1-12-7-16(10-25-20(12)22)14-5-6-17-18(8-14)28-19(11-24-17)26-27-21(28)15-4-3-13(2)23-9-15/h3-11H,1-2H3,(H2,22,25). The first-order chi connectivity index (χ1) is 13.6. The Kier molecular flexibility index (Phi) is 3.55. The van der Waals surface area contributed by atoms with Crippen molar-refractivity contribution in [2.75, 3.05) is 5.73 Å². The third-order valence-corrected chi connectivity index (χ3v) is 4.85. The lowest BCUT2D eigenvalue weighted by Crippen LogP contribution is -1.96. The topological polar surface area (TPSA) is 94.9 Å². The zero-order valence-electron chi connectivity index (χ0n) is 15.5. The van der Waals surface area contributed by atoms with Gasteiger partial charge in [0.05, 0.1) is 17.2 Å². The van der Waals surface area contributed by atoms with Crippen molar-refractivity contribution in [2.45, 2.75) is 13.8 Å². The van der Waals surface area contributed by atoms with E-state index in [-0.39, 0.29) is 0 Å². The molecule has 0 spiro atoms. The number of anilines is 1. The molecule has 136 valence electrons. The molecule has 0 radical (unpaired) electrons. The minimum Gasteiger partial charge on any atom is -0.383 e. The van der Waals surface area contributed by atoms with Gasteiger partial charge in [-0.05, 0) is 55.3 Å². The summed E-state index contributed by atoms with van der Waals surface area (Å²) in [6.45, 7) is 3.91. The normalized spacial score (nSPS) is 11.4. The van der Waals surface area contributed by atoms with E-state index in [1.807, 2.05) is 54.8 Å². The number of rotatable bonds is 2. The highest BCUT2D eigenvalue weighted by molar-refractivity contribution is 5.85. The lowest BCUT2D eigenvalue weighted by atomic mass is 10.0.